The monoisotopic (exact) mass is 484 g/mol. The number of hydrogen-bond acceptors (Lipinski definition) is 5. The maximum Gasteiger partial charge on any atom is 0.321 e. The summed E-state index contributed by atoms with van der Waals surface area (Å²) in [6, 6.07) is 11.4. The summed E-state index contributed by atoms with van der Waals surface area (Å²) in [5.41, 5.74) is 2.52. The van der Waals surface area contributed by atoms with Gasteiger partial charge in [0.2, 0.25) is 0 Å². The predicted molar refractivity (Wildman–Crippen MR) is 129 cm³/mol. The summed E-state index contributed by atoms with van der Waals surface area (Å²) in [5.74, 6) is -5.08. The molecular formula is C25H27F3N6O. The molecule has 0 radical (unpaired) electrons. The molecule has 35 heavy (non-hydrogen) atoms. The van der Waals surface area contributed by atoms with Crippen LogP contribution < -0.4 is 10.2 Å². The van der Waals surface area contributed by atoms with Crippen molar-refractivity contribution < 1.29 is 18.0 Å². The van der Waals surface area contributed by atoms with E-state index < -0.39 is 17.9 Å². The van der Waals surface area contributed by atoms with Gasteiger partial charge in [-0.15, -0.1) is 0 Å². The molecular weight excluding hydrogens is 457 g/mol. The molecule has 3 unspecified atom stereocenters. The number of amides is 1. The number of hydrazone groups is 1. The van der Waals surface area contributed by atoms with Crippen LogP contribution >= 0.6 is 0 Å². The molecule has 1 N–H and O–H groups in total. The lowest BCUT2D eigenvalue weighted by Gasteiger charge is -2.36. The summed E-state index contributed by atoms with van der Waals surface area (Å²) in [6.07, 6.45) is 4.14. The number of fused-ring (bicyclic) bond motifs is 1. The third-order valence-electron chi connectivity index (χ3n) is 7.08. The topological polar surface area (TPSA) is 65.8 Å². The Labute approximate surface area is 201 Å². The molecule has 4 atom stereocenters. The van der Waals surface area contributed by atoms with E-state index in [1.54, 1.807) is 23.0 Å². The van der Waals surface area contributed by atoms with Crippen molar-refractivity contribution in [3.63, 3.8) is 0 Å². The third kappa shape index (κ3) is 4.21. The van der Waals surface area contributed by atoms with Crippen LogP contribution in [0.25, 0.3) is 16.6 Å². The van der Waals surface area contributed by atoms with Crippen molar-refractivity contribution in [3.05, 3.63) is 54.5 Å². The smallest absolute Gasteiger partial charge is 0.321 e. The largest absolute Gasteiger partial charge is 0.366 e. The highest BCUT2D eigenvalue weighted by Gasteiger charge is 2.46. The van der Waals surface area contributed by atoms with Crippen LogP contribution in [0.5, 0.6) is 0 Å². The van der Waals surface area contributed by atoms with Gasteiger partial charge in [0, 0.05) is 43.7 Å². The molecule has 0 spiro atoms. The molecule has 3 heterocycles. The first kappa shape index (κ1) is 23.2. The van der Waals surface area contributed by atoms with Gasteiger partial charge in [0.1, 0.15) is 5.82 Å². The Kier molecular flexibility index (Phi) is 5.69. The van der Waals surface area contributed by atoms with E-state index in [4.69, 9.17) is 0 Å². The third-order valence-corrected chi connectivity index (χ3v) is 7.08. The number of benzene rings is 2. The Hall–Kier alpha value is -3.56. The summed E-state index contributed by atoms with van der Waals surface area (Å²) in [4.78, 5) is 14.3. The minimum atomic E-state index is -3.45. The number of nitrogens with zero attached hydrogens (tertiary/aromatic N) is 5. The number of alkyl halides is 2. The van der Waals surface area contributed by atoms with Crippen molar-refractivity contribution in [1.82, 2.24) is 20.1 Å². The molecule has 2 aromatic carbocycles. The number of rotatable bonds is 5. The highest BCUT2D eigenvalue weighted by molar-refractivity contribution is 5.85. The van der Waals surface area contributed by atoms with Gasteiger partial charge in [-0.05, 0) is 55.8 Å². The Morgan fingerprint density at radius 1 is 1.14 bits per heavy atom. The summed E-state index contributed by atoms with van der Waals surface area (Å²) < 4.78 is 42.5. The van der Waals surface area contributed by atoms with E-state index in [2.05, 4.69) is 20.4 Å². The van der Waals surface area contributed by atoms with Crippen LogP contribution in [-0.4, -0.2) is 64.6 Å². The van der Waals surface area contributed by atoms with Gasteiger partial charge in [-0.25, -0.2) is 9.07 Å². The van der Waals surface area contributed by atoms with Crippen LogP contribution in [0, 0.1) is 11.7 Å². The molecule has 7 nitrogen and oxygen atoms in total. The minimum Gasteiger partial charge on any atom is -0.366 e. The molecule has 1 fully saturated rings. The molecule has 0 aliphatic carbocycles. The first-order chi connectivity index (χ1) is 16.6. The van der Waals surface area contributed by atoms with Gasteiger partial charge in [0.25, 0.3) is 5.91 Å². The van der Waals surface area contributed by atoms with Crippen molar-refractivity contribution in [1.29, 1.82) is 0 Å². The molecule has 1 aromatic heterocycles. The van der Waals surface area contributed by atoms with Gasteiger partial charge < -0.3 is 10.2 Å². The highest BCUT2D eigenvalue weighted by Crippen LogP contribution is 2.36. The van der Waals surface area contributed by atoms with Crippen molar-refractivity contribution in [2.45, 2.75) is 44.3 Å². The molecule has 1 saturated heterocycles. The van der Waals surface area contributed by atoms with Crippen molar-refractivity contribution in [3.8, 4) is 5.69 Å². The zero-order valence-corrected chi connectivity index (χ0v) is 19.7. The number of hydrogen-bond donors (Lipinski definition) is 1. The highest BCUT2D eigenvalue weighted by atomic mass is 19.3. The van der Waals surface area contributed by atoms with Gasteiger partial charge in [-0.3, -0.25) is 9.80 Å². The van der Waals surface area contributed by atoms with Gasteiger partial charge in [0.15, 0.2) is 0 Å². The predicted octanol–water partition coefficient (Wildman–Crippen LogP) is 3.82. The first-order valence-electron chi connectivity index (χ1n) is 11.6. The molecule has 10 heteroatoms. The molecule has 1 amide bonds. The van der Waals surface area contributed by atoms with Crippen LogP contribution in [-0.2, 0) is 4.79 Å². The first-order valence-corrected chi connectivity index (χ1v) is 11.6. The second kappa shape index (κ2) is 8.58. The van der Waals surface area contributed by atoms with Gasteiger partial charge >= 0.3 is 5.92 Å². The number of carbonyl (C=O) groups is 1. The average molecular weight is 485 g/mol. The summed E-state index contributed by atoms with van der Waals surface area (Å²) in [6.45, 7) is 3.25. The van der Waals surface area contributed by atoms with E-state index in [1.807, 2.05) is 43.4 Å². The molecule has 0 saturated carbocycles. The van der Waals surface area contributed by atoms with Crippen LogP contribution in [0.15, 0.2) is 53.8 Å². The van der Waals surface area contributed by atoms with Crippen molar-refractivity contribution in [2.75, 3.05) is 18.5 Å². The van der Waals surface area contributed by atoms with Crippen LogP contribution in [0.2, 0.25) is 0 Å². The Morgan fingerprint density at radius 3 is 2.51 bits per heavy atom. The van der Waals surface area contributed by atoms with Crippen LogP contribution in [0.4, 0.5) is 18.9 Å². The lowest BCUT2D eigenvalue weighted by molar-refractivity contribution is -0.143. The SMILES string of the molecule is CC1C([C@@H]2C(NC(=O)C(C)(F)F)CCN2c2ccc3c(cnn3-c3ccc(F)cc3)c2)C=NN1C. The van der Waals surface area contributed by atoms with Crippen molar-refractivity contribution in [2.24, 2.45) is 11.0 Å². The van der Waals surface area contributed by atoms with Crippen LogP contribution in [0.1, 0.15) is 20.3 Å². The van der Waals surface area contributed by atoms with Gasteiger partial charge in [0.05, 0.1) is 35.5 Å². The molecule has 2 aliphatic heterocycles. The second-order valence-corrected chi connectivity index (χ2v) is 9.37. The maximum atomic E-state index is 13.7. The van der Waals surface area contributed by atoms with Gasteiger partial charge in [-0.1, -0.05) is 0 Å². The number of anilines is 1. The fraction of sp³-hybridized carbons (Fsp3) is 0.400. The molecule has 184 valence electrons. The molecule has 2 aliphatic rings. The number of halogens is 3. The van der Waals surface area contributed by atoms with E-state index in [-0.39, 0.29) is 23.8 Å². The quantitative estimate of drug-likeness (QED) is 0.598. The Bertz CT molecular complexity index is 1270. The fourth-order valence-electron chi connectivity index (χ4n) is 5.07. The normalized spacial score (nSPS) is 24.5. The van der Waals surface area contributed by atoms with E-state index in [1.165, 1.54) is 12.1 Å². The zero-order chi connectivity index (χ0) is 24.9. The molecule has 0 bridgehead atoms. The molecule has 3 aromatic rings. The van der Waals surface area contributed by atoms with E-state index in [0.29, 0.717) is 19.9 Å². The van der Waals surface area contributed by atoms with E-state index >= 15 is 0 Å². The van der Waals surface area contributed by atoms with E-state index in [9.17, 15) is 18.0 Å². The minimum absolute atomic E-state index is 0.0482. The average Bonchev–Trinajstić information content (AvgIpc) is 3.51. The van der Waals surface area contributed by atoms with Gasteiger partial charge in [-0.2, -0.15) is 19.0 Å². The van der Waals surface area contributed by atoms with Crippen molar-refractivity contribution >= 4 is 28.7 Å². The fourth-order valence-corrected chi connectivity index (χ4v) is 5.07. The summed E-state index contributed by atoms with van der Waals surface area (Å²) in [5, 5.41) is 14.2. The van der Waals surface area contributed by atoms with E-state index in [0.717, 1.165) is 22.3 Å². The lowest BCUT2D eigenvalue weighted by atomic mass is 9.89. The number of carbonyl (C=O) groups excluding carboxylic acids is 1. The standard InChI is InChI=1S/C25H27F3N6O/c1-15-20(14-29-32(15)3)23-21(31-24(35)25(2,27)28)10-11-33(23)19-8-9-22-16(12-19)13-30-34(22)18-6-4-17(26)5-7-18/h4-9,12-15,20-21,23H,10-11H2,1-3H3,(H,31,35)/t15?,20?,21?,23-/m1/s1. The second-order valence-electron chi connectivity index (χ2n) is 9.37. The summed E-state index contributed by atoms with van der Waals surface area (Å²) >= 11 is 0. The Morgan fingerprint density at radius 2 is 1.86 bits per heavy atom. The Balaban J connectivity index is 1.48. The van der Waals surface area contributed by atoms with Crippen LogP contribution in [0.3, 0.4) is 0 Å². The number of aromatic nitrogens is 2. The zero-order valence-electron chi connectivity index (χ0n) is 19.7. The lowest BCUT2D eigenvalue weighted by Crippen LogP contribution is -2.54. The number of nitrogens with one attached hydrogen (secondary N) is 1. The maximum absolute atomic E-state index is 13.7. The summed E-state index contributed by atoms with van der Waals surface area (Å²) in [7, 11) is 1.88. The molecule has 5 rings (SSSR count).